The van der Waals surface area contributed by atoms with Crippen molar-refractivity contribution in [3.63, 3.8) is 0 Å². The fourth-order valence-corrected chi connectivity index (χ4v) is 3.29. The number of aromatic nitrogens is 1. The van der Waals surface area contributed by atoms with Crippen LogP contribution in [-0.2, 0) is 0 Å². The summed E-state index contributed by atoms with van der Waals surface area (Å²) in [6, 6.07) is 25.6. The number of hydrogen-bond donors (Lipinski definition) is 0. The standard InChI is InChI=1S/C22H19N2.2BF4/c1-3-7-21(8-4-1)24(22-9-5-2-6-10-22)17-13-20(14-18-24)19-11-15-23-16-12-19;2*2-1(3,4)5/h1-17H,18H2;;/q+1;2*-1/p+1. The van der Waals surface area contributed by atoms with E-state index in [1.807, 2.05) is 12.4 Å². The third-order valence-corrected chi connectivity index (χ3v) is 4.59. The molecule has 12 heteroatoms. The number of halogens is 8. The van der Waals surface area contributed by atoms with E-state index in [1.165, 1.54) is 22.5 Å². The van der Waals surface area contributed by atoms with Crippen LogP contribution >= 0.6 is 0 Å². The van der Waals surface area contributed by atoms with Crippen LogP contribution in [0.2, 0.25) is 0 Å². The fourth-order valence-electron chi connectivity index (χ4n) is 3.29. The molecule has 0 atom stereocenters. The number of allylic oxidation sites excluding steroid dienone is 2. The minimum absolute atomic E-state index is 0.712. The van der Waals surface area contributed by atoms with Crippen molar-refractivity contribution in [2.45, 2.75) is 0 Å². The molecule has 0 saturated carbocycles. The van der Waals surface area contributed by atoms with Gasteiger partial charge in [-0.05, 0) is 47.6 Å². The first-order valence-corrected chi connectivity index (χ1v) is 9.98. The molecule has 0 unspecified atom stereocenters. The Hall–Kier alpha value is -3.40. The molecule has 1 N–H and O–H groups in total. The van der Waals surface area contributed by atoms with Gasteiger partial charge in [-0.1, -0.05) is 36.4 Å². The van der Waals surface area contributed by atoms with Gasteiger partial charge >= 0.3 is 14.5 Å². The van der Waals surface area contributed by atoms with E-state index >= 15 is 0 Å². The number of nitrogens with zero attached hydrogens (tertiary/aromatic N) is 1. The second-order valence-electron chi connectivity index (χ2n) is 6.98. The molecule has 0 radical (unpaired) electrons. The molecular formula is C22H20B2F8N2. The zero-order chi connectivity index (χ0) is 25.2. The summed E-state index contributed by atoms with van der Waals surface area (Å²) in [5, 5.41) is 0. The number of H-pyrrole nitrogens is 1. The van der Waals surface area contributed by atoms with Crippen molar-refractivity contribution >= 4 is 31.5 Å². The highest BCUT2D eigenvalue weighted by Gasteiger charge is 2.32. The van der Waals surface area contributed by atoms with Gasteiger partial charge in [0.1, 0.15) is 24.1 Å². The van der Waals surface area contributed by atoms with Gasteiger partial charge in [-0.3, -0.25) is 0 Å². The van der Waals surface area contributed by atoms with E-state index < -0.39 is 14.5 Å². The normalized spacial score (nSPS) is 14.6. The van der Waals surface area contributed by atoms with Crippen LogP contribution in [0.5, 0.6) is 0 Å². The topological polar surface area (TPSA) is 14.1 Å². The van der Waals surface area contributed by atoms with Gasteiger partial charge < -0.3 is 34.5 Å². The van der Waals surface area contributed by atoms with Gasteiger partial charge in [0.2, 0.25) is 0 Å². The predicted molar refractivity (Wildman–Crippen MR) is 120 cm³/mol. The largest absolute Gasteiger partial charge is 0.673 e. The first-order chi connectivity index (χ1) is 15.9. The average molecular weight is 486 g/mol. The van der Waals surface area contributed by atoms with Gasteiger partial charge in [0.05, 0.1) is 0 Å². The lowest BCUT2D eigenvalue weighted by molar-refractivity contribution is -0.378. The van der Waals surface area contributed by atoms with Gasteiger partial charge in [0, 0.05) is 12.1 Å². The quantitative estimate of drug-likeness (QED) is 0.209. The van der Waals surface area contributed by atoms with Crippen LogP contribution in [0.1, 0.15) is 5.56 Å². The van der Waals surface area contributed by atoms with Crippen molar-refractivity contribution in [2.24, 2.45) is 0 Å². The van der Waals surface area contributed by atoms with Crippen molar-refractivity contribution < 1.29 is 39.5 Å². The van der Waals surface area contributed by atoms with E-state index in [9.17, 15) is 34.5 Å². The van der Waals surface area contributed by atoms with Crippen LogP contribution in [0.25, 0.3) is 5.57 Å². The highest BCUT2D eigenvalue weighted by Crippen LogP contribution is 2.38. The molecular weight excluding hydrogens is 466 g/mol. The summed E-state index contributed by atoms with van der Waals surface area (Å²) in [4.78, 5) is 3.08. The van der Waals surface area contributed by atoms with Crippen molar-refractivity contribution in [2.75, 3.05) is 6.54 Å². The average Bonchev–Trinajstić information content (AvgIpc) is 2.79. The van der Waals surface area contributed by atoms with Crippen molar-refractivity contribution in [1.82, 2.24) is 4.48 Å². The van der Waals surface area contributed by atoms with Gasteiger partial charge in [-0.15, -0.1) is 0 Å². The lowest BCUT2D eigenvalue weighted by Crippen LogP contribution is -2.39. The molecule has 2 aromatic carbocycles. The van der Waals surface area contributed by atoms with Crippen molar-refractivity contribution in [3.8, 4) is 0 Å². The molecule has 0 amide bonds. The SMILES string of the molecule is C1=C[N+](c2ccccc2)(c2ccccc2)CC=C1c1cc[nH+]cc1.F[B-](F)(F)F.F[B-](F)(F)F. The van der Waals surface area contributed by atoms with Crippen LogP contribution in [0, 0.1) is 0 Å². The van der Waals surface area contributed by atoms with E-state index in [4.69, 9.17) is 0 Å². The summed E-state index contributed by atoms with van der Waals surface area (Å²) in [6.45, 7) is 0.901. The number of quaternary nitrogens is 1. The second-order valence-corrected chi connectivity index (χ2v) is 6.98. The monoisotopic (exact) mass is 486 g/mol. The van der Waals surface area contributed by atoms with Gasteiger partial charge in [0.15, 0.2) is 12.4 Å². The maximum atomic E-state index is 9.75. The summed E-state index contributed by atoms with van der Waals surface area (Å²) in [6.07, 6.45) is 10.8. The van der Waals surface area contributed by atoms with E-state index in [0.29, 0.717) is 4.48 Å². The summed E-state index contributed by atoms with van der Waals surface area (Å²) >= 11 is 0. The molecule has 2 heterocycles. The second kappa shape index (κ2) is 11.6. The summed E-state index contributed by atoms with van der Waals surface area (Å²) < 4.78 is 78.7. The van der Waals surface area contributed by atoms with Crippen LogP contribution < -0.4 is 9.47 Å². The lowest BCUT2D eigenvalue weighted by Gasteiger charge is -2.35. The molecule has 0 bridgehead atoms. The number of benzene rings is 2. The molecule has 1 aliphatic rings. The Morgan fingerprint density at radius 1 is 0.618 bits per heavy atom. The molecule has 0 fully saturated rings. The Morgan fingerprint density at radius 2 is 1.03 bits per heavy atom. The highest BCUT2D eigenvalue weighted by molar-refractivity contribution is 6.50. The zero-order valence-corrected chi connectivity index (χ0v) is 17.6. The number of pyridine rings is 1. The van der Waals surface area contributed by atoms with E-state index in [-0.39, 0.29) is 0 Å². The van der Waals surface area contributed by atoms with Gasteiger partial charge in [0.25, 0.3) is 0 Å². The van der Waals surface area contributed by atoms with E-state index in [2.05, 4.69) is 96.1 Å². The molecule has 3 aromatic rings. The Morgan fingerprint density at radius 3 is 1.38 bits per heavy atom. The van der Waals surface area contributed by atoms with Gasteiger partial charge in [-0.25, -0.2) is 9.47 Å². The number of nitrogens with one attached hydrogen (secondary N) is 1. The fraction of sp³-hybridized carbons (Fsp3) is 0.0455. The molecule has 1 aliphatic heterocycles. The minimum Gasteiger partial charge on any atom is -0.418 e. The van der Waals surface area contributed by atoms with Crippen molar-refractivity contribution in [3.05, 3.63) is 109 Å². The van der Waals surface area contributed by atoms with Crippen LogP contribution in [0.15, 0.2) is 104 Å². The number of para-hydroxylation sites is 2. The highest BCUT2D eigenvalue weighted by atomic mass is 19.5. The Bertz CT molecular complexity index is 1010. The molecule has 0 aliphatic carbocycles. The third kappa shape index (κ3) is 9.22. The lowest BCUT2D eigenvalue weighted by atomic mass is 10.0. The third-order valence-electron chi connectivity index (χ3n) is 4.59. The molecule has 0 saturated heterocycles. The molecule has 4 rings (SSSR count). The Kier molecular flexibility index (Phi) is 9.19. The summed E-state index contributed by atoms with van der Waals surface area (Å²) in [5.74, 6) is 0. The molecule has 34 heavy (non-hydrogen) atoms. The Balaban J connectivity index is 0.000000347. The number of hydrogen-bond acceptors (Lipinski definition) is 0. The van der Waals surface area contributed by atoms with Gasteiger partial charge in [-0.2, -0.15) is 0 Å². The van der Waals surface area contributed by atoms with E-state index in [1.54, 1.807) is 0 Å². The van der Waals surface area contributed by atoms with Crippen LogP contribution in [0.4, 0.5) is 45.9 Å². The van der Waals surface area contributed by atoms with E-state index in [0.717, 1.165) is 6.54 Å². The molecule has 180 valence electrons. The molecule has 0 spiro atoms. The first-order valence-electron chi connectivity index (χ1n) is 9.98. The number of aromatic amines is 1. The van der Waals surface area contributed by atoms with Crippen LogP contribution in [-0.4, -0.2) is 21.1 Å². The Labute approximate surface area is 191 Å². The molecule has 1 aromatic heterocycles. The minimum atomic E-state index is -6.00. The predicted octanol–water partition coefficient (Wildman–Crippen LogP) is 7.35. The molecule has 2 nitrogen and oxygen atoms in total. The smallest absolute Gasteiger partial charge is 0.418 e. The first kappa shape index (κ1) is 26.8. The maximum absolute atomic E-state index is 9.75. The zero-order valence-electron chi connectivity index (χ0n) is 17.6. The number of rotatable bonds is 3. The van der Waals surface area contributed by atoms with Crippen LogP contribution in [0.3, 0.4) is 0 Å². The van der Waals surface area contributed by atoms with Crippen molar-refractivity contribution in [1.29, 1.82) is 0 Å². The maximum Gasteiger partial charge on any atom is 0.673 e. The summed E-state index contributed by atoms with van der Waals surface area (Å²) in [5.41, 5.74) is 5.06. The summed E-state index contributed by atoms with van der Waals surface area (Å²) in [7, 11) is -12.0.